The molecule has 0 radical (unpaired) electrons. The van der Waals surface area contributed by atoms with Gasteiger partial charge in [-0.05, 0) is 57.9 Å². The van der Waals surface area contributed by atoms with E-state index in [4.69, 9.17) is 4.74 Å². The number of non-ortho nitro benzene ring substituents is 1. The molecule has 10 heteroatoms. The molecule has 168 valence electrons. The smallest absolute Gasteiger partial charge is 0.272 e. The van der Waals surface area contributed by atoms with Crippen molar-refractivity contribution in [2.45, 2.75) is 0 Å². The first kappa shape index (κ1) is 24.1. The minimum atomic E-state index is -0.615. The van der Waals surface area contributed by atoms with Crippen LogP contribution in [0.5, 0.6) is 5.75 Å². The first-order chi connectivity index (χ1) is 15.8. The number of ether oxygens (including phenoxy) is 1. The van der Waals surface area contributed by atoms with E-state index >= 15 is 0 Å². The van der Waals surface area contributed by atoms with Gasteiger partial charge in [-0.15, -0.1) is 0 Å². The van der Waals surface area contributed by atoms with Crippen LogP contribution in [0.25, 0.3) is 6.08 Å². The van der Waals surface area contributed by atoms with Crippen LogP contribution in [-0.4, -0.2) is 23.8 Å². The summed E-state index contributed by atoms with van der Waals surface area (Å²) in [5, 5.41) is 16.4. The predicted molar refractivity (Wildman–Crippen MR) is 132 cm³/mol. The number of nitrogens with one attached hydrogen (secondary N) is 2. The Bertz CT molecular complexity index is 1260. The number of nitro groups is 1. The van der Waals surface area contributed by atoms with Crippen LogP contribution in [0.1, 0.15) is 15.9 Å². The van der Waals surface area contributed by atoms with Gasteiger partial charge in [0.1, 0.15) is 11.4 Å². The maximum Gasteiger partial charge on any atom is 0.272 e. The molecule has 3 rings (SSSR count). The molecule has 0 aliphatic heterocycles. The van der Waals surface area contributed by atoms with Crippen LogP contribution in [0.2, 0.25) is 0 Å². The van der Waals surface area contributed by atoms with E-state index in [1.54, 1.807) is 48.5 Å². The first-order valence-corrected chi connectivity index (χ1v) is 11.0. The molecule has 0 atom stereocenters. The van der Waals surface area contributed by atoms with Crippen LogP contribution in [0, 0.1) is 10.1 Å². The normalized spacial score (nSPS) is 10.9. The van der Waals surface area contributed by atoms with E-state index in [1.807, 2.05) is 0 Å². The minimum absolute atomic E-state index is 0.113. The monoisotopic (exact) mass is 573 g/mol. The molecule has 0 fully saturated rings. The van der Waals surface area contributed by atoms with E-state index in [1.165, 1.54) is 31.4 Å². The quantitative estimate of drug-likeness (QED) is 0.219. The van der Waals surface area contributed by atoms with Gasteiger partial charge in [0.2, 0.25) is 0 Å². The summed E-state index contributed by atoms with van der Waals surface area (Å²) >= 11 is 6.68. The van der Waals surface area contributed by atoms with Gasteiger partial charge in [-0.2, -0.15) is 0 Å². The Balaban J connectivity index is 2.00. The van der Waals surface area contributed by atoms with E-state index in [2.05, 4.69) is 42.5 Å². The standard InChI is InChI=1S/C23H17Br2N3O5/c1-33-21-10-9-15(24)13-17(21)22(29)27-20(12-14-5-4-6-16(11-14)28(31)32)23(30)26-19-8-3-2-7-18(19)25/h2-13H,1H3,(H,26,30)(H,27,29)/b20-12-. The second kappa shape index (κ2) is 10.9. The number of methoxy groups -OCH3 is 1. The molecule has 0 aliphatic rings. The number of hydrogen-bond acceptors (Lipinski definition) is 5. The highest BCUT2D eigenvalue weighted by molar-refractivity contribution is 9.10. The highest BCUT2D eigenvalue weighted by Gasteiger charge is 2.19. The molecular weight excluding hydrogens is 558 g/mol. The second-order valence-corrected chi connectivity index (χ2v) is 8.41. The number of benzene rings is 3. The molecule has 2 amide bonds. The number of nitrogens with zero attached hydrogens (tertiary/aromatic N) is 1. The van der Waals surface area contributed by atoms with Crippen molar-refractivity contribution in [1.82, 2.24) is 5.32 Å². The molecule has 2 N–H and O–H groups in total. The molecule has 0 aromatic heterocycles. The molecule has 0 aliphatic carbocycles. The van der Waals surface area contributed by atoms with Crippen molar-refractivity contribution in [3.63, 3.8) is 0 Å². The Kier molecular flexibility index (Phi) is 7.96. The lowest BCUT2D eigenvalue weighted by molar-refractivity contribution is -0.384. The number of halogens is 2. The van der Waals surface area contributed by atoms with Crippen molar-refractivity contribution in [2.75, 3.05) is 12.4 Å². The molecular formula is C23H17Br2N3O5. The molecule has 0 heterocycles. The van der Waals surface area contributed by atoms with Crippen LogP contribution in [0.4, 0.5) is 11.4 Å². The number of para-hydroxylation sites is 1. The summed E-state index contributed by atoms with van der Waals surface area (Å²) in [6, 6.07) is 17.6. The molecule has 33 heavy (non-hydrogen) atoms. The molecule has 0 unspecified atom stereocenters. The highest BCUT2D eigenvalue weighted by Crippen LogP contribution is 2.25. The topological polar surface area (TPSA) is 111 Å². The van der Waals surface area contributed by atoms with Gasteiger partial charge in [0, 0.05) is 21.1 Å². The van der Waals surface area contributed by atoms with E-state index in [0.29, 0.717) is 25.9 Å². The highest BCUT2D eigenvalue weighted by atomic mass is 79.9. The Morgan fingerprint density at radius 2 is 1.79 bits per heavy atom. The van der Waals surface area contributed by atoms with Crippen LogP contribution in [0.3, 0.4) is 0 Å². The fourth-order valence-corrected chi connectivity index (χ4v) is 3.60. The van der Waals surface area contributed by atoms with Gasteiger partial charge in [-0.3, -0.25) is 19.7 Å². The zero-order chi connectivity index (χ0) is 24.0. The maximum atomic E-state index is 13.1. The number of hydrogen-bond donors (Lipinski definition) is 2. The van der Waals surface area contributed by atoms with Gasteiger partial charge in [-0.1, -0.05) is 40.2 Å². The lowest BCUT2D eigenvalue weighted by Crippen LogP contribution is -2.31. The van der Waals surface area contributed by atoms with Crippen LogP contribution in [0.15, 0.2) is 81.4 Å². The van der Waals surface area contributed by atoms with E-state index in [-0.39, 0.29) is 16.9 Å². The Morgan fingerprint density at radius 3 is 2.48 bits per heavy atom. The zero-order valence-electron chi connectivity index (χ0n) is 17.2. The first-order valence-electron chi connectivity index (χ1n) is 9.45. The summed E-state index contributed by atoms with van der Waals surface area (Å²) in [5.41, 5.74) is 0.794. The fourth-order valence-electron chi connectivity index (χ4n) is 2.85. The van der Waals surface area contributed by atoms with Gasteiger partial charge in [0.05, 0.1) is 23.3 Å². The number of nitro benzene ring substituents is 1. The Hall–Kier alpha value is -3.50. The van der Waals surface area contributed by atoms with Crippen molar-refractivity contribution in [3.05, 3.63) is 103 Å². The summed E-state index contributed by atoms with van der Waals surface area (Å²) in [5.74, 6) is -0.889. The van der Waals surface area contributed by atoms with Crippen molar-refractivity contribution in [2.24, 2.45) is 0 Å². The summed E-state index contributed by atoms with van der Waals surface area (Å²) < 4.78 is 6.55. The number of rotatable bonds is 7. The van der Waals surface area contributed by atoms with E-state index < -0.39 is 16.7 Å². The summed E-state index contributed by atoms with van der Waals surface area (Å²) in [6.45, 7) is 0. The molecule has 8 nitrogen and oxygen atoms in total. The molecule has 3 aromatic rings. The summed E-state index contributed by atoms with van der Waals surface area (Å²) in [4.78, 5) is 36.7. The average molecular weight is 575 g/mol. The molecule has 0 saturated carbocycles. The lowest BCUT2D eigenvalue weighted by atomic mass is 10.1. The fraction of sp³-hybridized carbons (Fsp3) is 0.0435. The van der Waals surface area contributed by atoms with Gasteiger partial charge < -0.3 is 15.4 Å². The van der Waals surface area contributed by atoms with Crippen molar-refractivity contribution in [3.8, 4) is 5.75 Å². The lowest BCUT2D eigenvalue weighted by Gasteiger charge is -2.14. The Morgan fingerprint density at radius 1 is 1.03 bits per heavy atom. The Labute approximate surface area is 206 Å². The van der Waals surface area contributed by atoms with Gasteiger partial charge >= 0.3 is 0 Å². The minimum Gasteiger partial charge on any atom is -0.496 e. The van der Waals surface area contributed by atoms with E-state index in [0.717, 1.165) is 0 Å². The van der Waals surface area contributed by atoms with Crippen LogP contribution < -0.4 is 15.4 Å². The molecule has 3 aromatic carbocycles. The third-order valence-corrected chi connectivity index (χ3v) is 5.60. The number of amides is 2. The van der Waals surface area contributed by atoms with Crippen molar-refractivity contribution < 1.29 is 19.2 Å². The SMILES string of the molecule is COc1ccc(Br)cc1C(=O)N/C(=C\c1cccc([N+](=O)[O-])c1)C(=O)Nc1ccccc1Br. The largest absolute Gasteiger partial charge is 0.496 e. The molecule has 0 bridgehead atoms. The third-order valence-electron chi connectivity index (χ3n) is 4.41. The van der Waals surface area contributed by atoms with E-state index in [9.17, 15) is 19.7 Å². The van der Waals surface area contributed by atoms with Crippen LogP contribution in [-0.2, 0) is 4.79 Å². The average Bonchev–Trinajstić information content (AvgIpc) is 2.80. The molecule has 0 saturated heterocycles. The van der Waals surface area contributed by atoms with Crippen LogP contribution >= 0.6 is 31.9 Å². The zero-order valence-corrected chi connectivity index (χ0v) is 20.3. The number of carbonyl (C=O) groups excluding carboxylic acids is 2. The van der Waals surface area contributed by atoms with Gasteiger partial charge in [0.25, 0.3) is 17.5 Å². The second-order valence-electron chi connectivity index (χ2n) is 6.64. The van der Waals surface area contributed by atoms with Gasteiger partial charge in [0.15, 0.2) is 0 Å². The third kappa shape index (κ3) is 6.27. The summed E-state index contributed by atoms with van der Waals surface area (Å²) in [6.07, 6.45) is 1.36. The number of anilines is 1. The molecule has 0 spiro atoms. The number of carbonyl (C=O) groups is 2. The van der Waals surface area contributed by atoms with Gasteiger partial charge in [-0.25, -0.2) is 0 Å². The predicted octanol–water partition coefficient (Wildman–Crippen LogP) is 5.54. The van der Waals surface area contributed by atoms with Crippen molar-refractivity contribution in [1.29, 1.82) is 0 Å². The summed E-state index contributed by atoms with van der Waals surface area (Å²) in [7, 11) is 1.43. The van der Waals surface area contributed by atoms with Crippen molar-refractivity contribution >= 4 is 61.1 Å². The maximum absolute atomic E-state index is 13.1.